The van der Waals surface area contributed by atoms with E-state index in [1.165, 1.54) is 0 Å². The van der Waals surface area contributed by atoms with Crippen LogP contribution >= 0.6 is 23.1 Å². The van der Waals surface area contributed by atoms with E-state index in [4.69, 9.17) is 4.42 Å². The van der Waals surface area contributed by atoms with Crippen molar-refractivity contribution in [3.63, 3.8) is 0 Å². The number of carbonyl (C=O) groups is 2. The number of pyridine rings is 1. The number of hydrogen-bond donors (Lipinski definition) is 2. The lowest BCUT2D eigenvalue weighted by atomic mass is 10.1. The highest BCUT2D eigenvalue weighted by Gasteiger charge is 2.21. The fourth-order valence-electron chi connectivity index (χ4n) is 3.12. The van der Waals surface area contributed by atoms with Crippen molar-refractivity contribution < 1.29 is 14.0 Å². The van der Waals surface area contributed by atoms with Gasteiger partial charge < -0.3 is 15.1 Å². The third kappa shape index (κ3) is 5.54. The number of furan rings is 1. The zero-order valence-corrected chi connectivity index (χ0v) is 19.1. The molecule has 0 aliphatic rings. The van der Waals surface area contributed by atoms with Crippen molar-refractivity contribution in [1.82, 2.24) is 20.6 Å². The van der Waals surface area contributed by atoms with Gasteiger partial charge in [-0.25, -0.2) is 4.98 Å². The normalized spacial score (nSPS) is 10.9. The molecule has 0 atom stereocenters. The van der Waals surface area contributed by atoms with E-state index < -0.39 is 0 Å². The van der Waals surface area contributed by atoms with Crippen molar-refractivity contribution in [2.45, 2.75) is 30.0 Å². The zero-order chi connectivity index (χ0) is 22.3. The average molecular weight is 467 g/mol. The fraction of sp³-hybridized carbons (Fsp3) is 0.217. The number of nitrogens with one attached hydrogen (secondary N) is 2. The van der Waals surface area contributed by atoms with E-state index in [0.29, 0.717) is 17.9 Å². The summed E-state index contributed by atoms with van der Waals surface area (Å²) < 4.78 is 6.82. The number of fused-ring (bicyclic) bond motifs is 1. The monoisotopic (exact) mass is 466 g/mol. The number of carbonyl (C=O) groups excluding carboxylic acids is 2. The molecule has 2 N–H and O–H groups in total. The van der Waals surface area contributed by atoms with Crippen LogP contribution in [0.3, 0.4) is 0 Å². The third-order valence-electron chi connectivity index (χ3n) is 4.72. The number of amides is 2. The summed E-state index contributed by atoms with van der Waals surface area (Å²) in [5.41, 5.74) is 3.45. The number of nitrogens with zero attached hydrogens (tertiary/aromatic N) is 2. The summed E-state index contributed by atoms with van der Waals surface area (Å²) in [7, 11) is 0. The minimum absolute atomic E-state index is 0.137. The van der Waals surface area contributed by atoms with E-state index in [-0.39, 0.29) is 30.5 Å². The van der Waals surface area contributed by atoms with Gasteiger partial charge in [-0.05, 0) is 30.7 Å². The molecule has 7 nitrogen and oxygen atoms in total. The van der Waals surface area contributed by atoms with Gasteiger partial charge in [0.1, 0.15) is 9.92 Å². The van der Waals surface area contributed by atoms with Crippen LogP contribution in [0.2, 0.25) is 0 Å². The molecule has 32 heavy (non-hydrogen) atoms. The van der Waals surface area contributed by atoms with Crippen molar-refractivity contribution in [2.75, 3.05) is 6.54 Å². The van der Waals surface area contributed by atoms with Crippen LogP contribution in [0.4, 0.5) is 0 Å². The Morgan fingerprint density at radius 1 is 1.12 bits per heavy atom. The predicted molar refractivity (Wildman–Crippen MR) is 126 cm³/mol. The smallest absolute Gasteiger partial charge is 0.287 e. The first-order chi connectivity index (χ1) is 15.6. The molecule has 0 saturated heterocycles. The van der Waals surface area contributed by atoms with Crippen LogP contribution in [-0.2, 0) is 17.1 Å². The molecule has 0 spiro atoms. The average Bonchev–Trinajstić information content (AvgIpc) is 3.40. The second-order valence-electron chi connectivity index (χ2n) is 7.09. The van der Waals surface area contributed by atoms with E-state index in [9.17, 15) is 9.59 Å². The topological polar surface area (TPSA) is 97.1 Å². The van der Waals surface area contributed by atoms with Gasteiger partial charge in [0, 0.05) is 59.7 Å². The second-order valence-corrected chi connectivity index (χ2v) is 9.17. The van der Waals surface area contributed by atoms with Crippen LogP contribution in [0.5, 0.6) is 0 Å². The molecule has 3 aromatic heterocycles. The molecule has 0 fully saturated rings. The van der Waals surface area contributed by atoms with Crippen LogP contribution in [0.15, 0.2) is 62.9 Å². The lowest BCUT2D eigenvalue weighted by Crippen LogP contribution is -2.30. The molecule has 2 amide bonds. The highest BCUT2D eigenvalue weighted by atomic mass is 32.2. The summed E-state index contributed by atoms with van der Waals surface area (Å²) in [5.74, 6) is 0.388. The van der Waals surface area contributed by atoms with Gasteiger partial charge in [-0.2, -0.15) is 0 Å². The zero-order valence-electron chi connectivity index (χ0n) is 17.5. The molecule has 0 radical (unpaired) electrons. The summed E-state index contributed by atoms with van der Waals surface area (Å²) in [6.07, 6.45) is 3.54. The molecular weight excluding hydrogens is 444 g/mol. The van der Waals surface area contributed by atoms with Crippen LogP contribution in [-0.4, -0.2) is 28.3 Å². The summed E-state index contributed by atoms with van der Waals surface area (Å²) in [6.45, 7) is 2.60. The molecule has 0 bridgehead atoms. The molecule has 4 aromatic rings. The first-order valence-electron chi connectivity index (χ1n) is 10.1. The van der Waals surface area contributed by atoms with E-state index in [1.54, 1.807) is 35.5 Å². The van der Waals surface area contributed by atoms with E-state index in [1.807, 2.05) is 48.7 Å². The Morgan fingerprint density at radius 3 is 2.72 bits per heavy atom. The lowest BCUT2D eigenvalue weighted by Gasteiger charge is -2.07. The number of hydrogen-bond acceptors (Lipinski definition) is 7. The van der Waals surface area contributed by atoms with Crippen molar-refractivity contribution in [2.24, 2.45) is 0 Å². The molecule has 3 heterocycles. The third-order valence-corrected chi connectivity index (χ3v) is 6.88. The number of rotatable bonds is 9. The molecular formula is C23H22N4O3S2. The van der Waals surface area contributed by atoms with Crippen molar-refractivity contribution in [3.8, 4) is 0 Å². The highest BCUT2D eigenvalue weighted by molar-refractivity contribution is 8.00. The number of para-hydroxylation sites is 1. The number of thioether (sulfide) groups is 1. The summed E-state index contributed by atoms with van der Waals surface area (Å²) in [4.78, 5) is 33.4. The molecule has 0 saturated carbocycles. The van der Waals surface area contributed by atoms with Gasteiger partial charge in [-0.15, -0.1) is 11.3 Å². The SMILES string of the molecule is Cc1csc(SCc2c(C(=O)NCCC(=O)NCc3ccncc3)oc3ccccc23)n1. The first kappa shape index (κ1) is 22.0. The van der Waals surface area contributed by atoms with Crippen LogP contribution in [0.25, 0.3) is 11.0 Å². The Labute approximate surface area is 193 Å². The maximum absolute atomic E-state index is 12.8. The van der Waals surface area contributed by atoms with Gasteiger partial charge in [0.15, 0.2) is 5.76 Å². The molecule has 9 heteroatoms. The van der Waals surface area contributed by atoms with Crippen LogP contribution in [0, 0.1) is 6.92 Å². The quantitative estimate of drug-likeness (QED) is 0.357. The number of thiazole rings is 1. The van der Waals surface area contributed by atoms with E-state index in [2.05, 4.69) is 20.6 Å². The van der Waals surface area contributed by atoms with Gasteiger partial charge in [0.25, 0.3) is 5.91 Å². The standard InChI is InChI=1S/C23H22N4O3S2/c1-15-13-31-23(27-15)32-14-18-17-4-2-3-5-19(17)30-21(18)22(29)25-11-8-20(28)26-12-16-6-9-24-10-7-16/h2-7,9-10,13H,8,11-12,14H2,1H3,(H,25,29)(H,26,28). The largest absolute Gasteiger partial charge is 0.451 e. The molecule has 0 aliphatic heterocycles. The second kappa shape index (κ2) is 10.4. The van der Waals surface area contributed by atoms with Gasteiger partial charge in [-0.3, -0.25) is 14.6 Å². The Morgan fingerprint density at radius 2 is 1.94 bits per heavy atom. The van der Waals surface area contributed by atoms with Crippen molar-refractivity contribution in [3.05, 3.63) is 76.8 Å². The minimum Gasteiger partial charge on any atom is -0.451 e. The Hall–Kier alpha value is -3.17. The number of aryl methyl sites for hydroxylation is 1. The fourth-order valence-corrected chi connectivity index (χ4v) is 4.99. The Bertz CT molecular complexity index is 1220. The van der Waals surface area contributed by atoms with Crippen molar-refractivity contribution >= 4 is 45.9 Å². The molecule has 0 unspecified atom stereocenters. The van der Waals surface area contributed by atoms with Gasteiger partial charge >= 0.3 is 0 Å². The number of benzene rings is 1. The van der Waals surface area contributed by atoms with Gasteiger partial charge in [0.05, 0.1) is 0 Å². The molecule has 164 valence electrons. The van der Waals surface area contributed by atoms with E-state index in [0.717, 1.165) is 26.5 Å². The van der Waals surface area contributed by atoms with Crippen molar-refractivity contribution in [1.29, 1.82) is 0 Å². The predicted octanol–water partition coefficient (Wildman–Crippen LogP) is 4.32. The Balaban J connectivity index is 1.36. The molecule has 4 rings (SSSR count). The summed E-state index contributed by atoms with van der Waals surface area (Å²) in [6, 6.07) is 11.3. The first-order valence-corrected chi connectivity index (χ1v) is 12.0. The van der Waals surface area contributed by atoms with Gasteiger partial charge in [-0.1, -0.05) is 30.0 Å². The van der Waals surface area contributed by atoms with Crippen LogP contribution < -0.4 is 10.6 Å². The van der Waals surface area contributed by atoms with E-state index >= 15 is 0 Å². The molecule has 0 aliphatic carbocycles. The maximum atomic E-state index is 12.8. The number of aromatic nitrogens is 2. The molecule has 1 aromatic carbocycles. The Kier molecular flexibility index (Phi) is 7.18. The summed E-state index contributed by atoms with van der Waals surface area (Å²) >= 11 is 3.16. The highest BCUT2D eigenvalue weighted by Crippen LogP contribution is 2.33. The maximum Gasteiger partial charge on any atom is 0.287 e. The van der Waals surface area contributed by atoms with Crippen LogP contribution in [0.1, 0.15) is 33.8 Å². The minimum atomic E-state index is -0.325. The lowest BCUT2D eigenvalue weighted by molar-refractivity contribution is -0.121. The van der Waals surface area contributed by atoms with Gasteiger partial charge in [0.2, 0.25) is 5.91 Å². The summed E-state index contributed by atoms with van der Waals surface area (Å²) in [5, 5.41) is 8.55.